The molecule has 7 heteroatoms. The fourth-order valence-corrected chi connectivity index (χ4v) is 1.69. The average Bonchev–Trinajstić information content (AvgIpc) is 2.17. The van der Waals surface area contributed by atoms with Crippen LogP contribution in [-0.4, -0.2) is 0 Å². The van der Waals surface area contributed by atoms with Crippen molar-refractivity contribution >= 4 is 24.0 Å². The maximum absolute atomic E-state index is 13.8. The Morgan fingerprint density at radius 2 is 1.63 bits per heavy atom. The Labute approximate surface area is 120 Å². The van der Waals surface area contributed by atoms with Crippen LogP contribution in [0.25, 0.3) is 0 Å². The molecular weight excluding hydrogens is 305 g/mol. The van der Waals surface area contributed by atoms with Gasteiger partial charge in [0.25, 0.3) is 0 Å². The van der Waals surface area contributed by atoms with Crippen molar-refractivity contribution in [2.24, 2.45) is 11.1 Å². The van der Waals surface area contributed by atoms with Crippen LogP contribution in [0.2, 0.25) is 5.02 Å². The van der Waals surface area contributed by atoms with Gasteiger partial charge >= 0.3 is 6.18 Å². The highest BCUT2D eigenvalue weighted by Crippen LogP contribution is 2.38. The van der Waals surface area contributed by atoms with Gasteiger partial charge in [-0.15, -0.1) is 12.4 Å². The number of nitrogens with two attached hydrogens (primary N) is 1. The van der Waals surface area contributed by atoms with Crippen LogP contribution in [0.1, 0.15) is 37.9 Å². The molecule has 0 aliphatic carbocycles. The number of benzene rings is 1. The molecule has 1 nitrogen and oxygen atoms in total. The van der Waals surface area contributed by atoms with Gasteiger partial charge in [0.1, 0.15) is 5.82 Å². The van der Waals surface area contributed by atoms with Crippen molar-refractivity contribution in [2.45, 2.75) is 33.0 Å². The first-order chi connectivity index (χ1) is 7.94. The summed E-state index contributed by atoms with van der Waals surface area (Å²) in [6.07, 6.45) is -4.58. The second kappa shape index (κ2) is 5.85. The summed E-state index contributed by atoms with van der Waals surface area (Å²) in [5.41, 5.74) is 4.00. The SMILES string of the molecule is CC(C)(C)[C@@H](N)c1cc(C(F)(F)F)cc(Cl)c1F.Cl. The van der Waals surface area contributed by atoms with Crippen molar-refractivity contribution in [2.75, 3.05) is 0 Å². The third-order valence-corrected chi connectivity index (χ3v) is 2.93. The summed E-state index contributed by atoms with van der Waals surface area (Å²) < 4.78 is 51.6. The van der Waals surface area contributed by atoms with Gasteiger partial charge in [-0.25, -0.2) is 4.39 Å². The molecule has 0 saturated carbocycles. The Bertz CT molecular complexity index is 452. The van der Waals surface area contributed by atoms with E-state index in [1.165, 1.54) is 0 Å². The summed E-state index contributed by atoms with van der Waals surface area (Å²) in [6, 6.07) is 0.407. The highest BCUT2D eigenvalue weighted by atomic mass is 35.5. The fraction of sp³-hybridized carbons (Fsp3) is 0.500. The minimum Gasteiger partial charge on any atom is -0.323 e. The predicted molar refractivity (Wildman–Crippen MR) is 70.0 cm³/mol. The van der Waals surface area contributed by atoms with Gasteiger partial charge in [-0.05, 0) is 17.5 Å². The molecule has 1 aromatic carbocycles. The summed E-state index contributed by atoms with van der Waals surface area (Å²) in [4.78, 5) is 0. The van der Waals surface area contributed by atoms with Gasteiger partial charge < -0.3 is 5.73 Å². The molecule has 0 aliphatic heterocycles. The summed E-state index contributed by atoms with van der Waals surface area (Å²) in [7, 11) is 0. The third kappa shape index (κ3) is 4.23. The minimum absolute atomic E-state index is 0. The van der Waals surface area contributed by atoms with Crippen molar-refractivity contribution in [1.82, 2.24) is 0 Å². The maximum atomic E-state index is 13.8. The van der Waals surface area contributed by atoms with Crippen LogP contribution in [0.4, 0.5) is 17.6 Å². The van der Waals surface area contributed by atoms with E-state index in [0.717, 1.165) is 6.07 Å². The van der Waals surface area contributed by atoms with E-state index in [0.29, 0.717) is 6.07 Å². The second-order valence-corrected chi connectivity index (χ2v) is 5.61. The van der Waals surface area contributed by atoms with Crippen molar-refractivity contribution in [3.63, 3.8) is 0 Å². The lowest BCUT2D eigenvalue weighted by Gasteiger charge is -2.28. The number of hydrogen-bond acceptors (Lipinski definition) is 1. The Balaban J connectivity index is 0.00000324. The molecule has 0 heterocycles. The molecule has 1 rings (SSSR count). The molecule has 1 atom stereocenters. The Hall–Kier alpha value is -0.520. The molecule has 0 spiro atoms. The third-order valence-electron chi connectivity index (χ3n) is 2.65. The number of halogens is 6. The summed E-state index contributed by atoms with van der Waals surface area (Å²) in [5, 5.41) is -0.570. The number of alkyl halides is 3. The molecule has 0 aliphatic rings. The Morgan fingerprint density at radius 1 is 1.16 bits per heavy atom. The summed E-state index contributed by atoms with van der Waals surface area (Å²) >= 11 is 5.49. The van der Waals surface area contributed by atoms with Crippen LogP contribution in [0.5, 0.6) is 0 Å². The molecule has 1 aromatic rings. The lowest BCUT2D eigenvalue weighted by Crippen LogP contribution is -2.27. The number of hydrogen-bond donors (Lipinski definition) is 1. The first kappa shape index (κ1) is 18.5. The molecule has 110 valence electrons. The van der Waals surface area contributed by atoms with Gasteiger partial charge in [-0.3, -0.25) is 0 Å². The van der Waals surface area contributed by atoms with Crippen LogP contribution in [0.15, 0.2) is 12.1 Å². The van der Waals surface area contributed by atoms with Gasteiger partial charge in [-0.1, -0.05) is 32.4 Å². The van der Waals surface area contributed by atoms with Crippen molar-refractivity contribution in [1.29, 1.82) is 0 Å². The van der Waals surface area contributed by atoms with Gasteiger partial charge in [0, 0.05) is 11.6 Å². The molecule has 19 heavy (non-hydrogen) atoms. The fourth-order valence-electron chi connectivity index (χ4n) is 1.47. The van der Waals surface area contributed by atoms with E-state index in [1.54, 1.807) is 20.8 Å². The molecule has 0 unspecified atom stereocenters. The lowest BCUT2D eigenvalue weighted by atomic mass is 9.82. The maximum Gasteiger partial charge on any atom is 0.416 e. The van der Waals surface area contributed by atoms with Crippen LogP contribution in [0.3, 0.4) is 0 Å². The van der Waals surface area contributed by atoms with Crippen molar-refractivity contribution in [3.05, 3.63) is 34.1 Å². The Kier molecular flexibility index (Phi) is 5.69. The monoisotopic (exact) mass is 319 g/mol. The highest BCUT2D eigenvalue weighted by Gasteiger charge is 2.34. The van der Waals surface area contributed by atoms with E-state index >= 15 is 0 Å². The Morgan fingerprint density at radius 3 is 2.00 bits per heavy atom. The first-order valence-electron chi connectivity index (χ1n) is 5.26. The largest absolute Gasteiger partial charge is 0.416 e. The van der Waals surface area contributed by atoms with E-state index in [1.807, 2.05) is 0 Å². The van der Waals surface area contributed by atoms with E-state index in [-0.39, 0.29) is 18.0 Å². The first-order valence-corrected chi connectivity index (χ1v) is 5.64. The quantitative estimate of drug-likeness (QED) is 0.727. The smallest absolute Gasteiger partial charge is 0.323 e. The zero-order valence-electron chi connectivity index (χ0n) is 10.6. The molecule has 0 aromatic heterocycles. The summed E-state index contributed by atoms with van der Waals surface area (Å²) in [6.45, 7) is 5.14. The van der Waals surface area contributed by atoms with E-state index in [4.69, 9.17) is 17.3 Å². The number of rotatable bonds is 1. The van der Waals surface area contributed by atoms with Crippen molar-refractivity contribution < 1.29 is 17.6 Å². The molecular formula is C12H15Cl2F4N. The molecule has 0 radical (unpaired) electrons. The molecule has 0 amide bonds. The molecule has 0 fully saturated rings. The van der Waals surface area contributed by atoms with Gasteiger partial charge in [0.15, 0.2) is 0 Å². The minimum atomic E-state index is -4.58. The molecule has 2 N–H and O–H groups in total. The zero-order chi connectivity index (χ0) is 14.3. The second-order valence-electron chi connectivity index (χ2n) is 5.20. The zero-order valence-corrected chi connectivity index (χ0v) is 12.2. The van der Waals surface area contributed by atoms with Crippen molar-refractivity contribution in [3.8, 4) is 0 Å². The van der Waals surface area contributed by atoms with Gasteiger partial charge in [0.2, 0.25) is 0 Å². The van der Waals surface area contributed by atoms with E-state index in [9.17, 15) is 17.6 Å². The summed E-state index contributed by atoms with van der Waals surface area (Å²) in [5.74, 6) is -0.896. The lowest BCUT2D eigenvalue weighted by molar-refractivity contribution is -0.137. The average molecular weight is 320 g/mol. The molecule has 0 saturated heterocycles. The van der Waals surface area contributed by atoms with E-state index < -0.39 is 34.0 Å². The van der Waals surface area contributed by atoms with Gasteiger partial charge in [-0.2, -0.15) is 13.2 Å². The van der Waals surface area contributed by atoms with Crippen LogP contribution >= 0.6 is 24.0 Å². The molecule has 0 bridgehead atoms. The topological polar surface area (TPSA) is 26.0 Å². The van der Waals surface area contributed by atoms with Crippen LogP contribution in [0, 0.1) is 11.2 Å². The van der Waals surface area contributed by atoms with Crippen LogP contribution < -0.4 is 5.73 Å². The highest BCUT2D eigenvalue weighted by molar-refractivity contribution is 6.30. The standard InChI is InChI=1S/C12H14ClF4N.ClH/c1-11(2,3)10(18)7-4-6(12(15,16)17)5-8(13)9(7)14;/h4-5,10H,18H2,1-3H3;1H/t10-;/m0./s1. The predicted octanol–water partition coefficient (Wildman–Crippen LogP) is 4.97. The normalized spacial score (nSPS) is 13.9. The van der Waals surface area contributed by atoms with Gasteiger partial charge in [0.05, 0.1) is 10.6 Å². The van der Waals surface area contributed by atoms with E-state index in [2.05, 4.69) is 0 Å². The van der Waals surface area contributed by atoms with Crippen LogP contribution in [-0.2, 0) is 6.18 Å².